The van der Waals surface area contributed by atoms with Crippen LogP contribution in [0.25, 0.3) is 0 Å². The van der Waals surface area contributed by atoms with Gasteiger partial charge in [0, 0.05) is 13.8 Å². The average molecular weight is 429 g/mol. The number of thioether (sulfide) groups is 1. The predicted octanol–water partition coefficient (Wildman–Crippen LogP) is 5.56. The number of amides is 1. The monoisotopic (exact) mass is 427 g/mol. The largest absolute Gasteiger partial charge is 0.324 e. The summed E-state index contributed by atoms with van der Waals surface area (Å²) in [6.45, 7) is 4.17. The van der Waals surface area contributed by atoms with E-state index < -0.39 is 0 Å². The van der Waals surface area contributed by atoms with Crippen LogP contribution >= 0.6 is 43.6 Å². The first-order chi connectivity index (χ1) is 9.95. The van der Waals surface area contributed by atoms with Crippen molar-refractivity contribution in [2.24, 2.45) is 0 Å². The Labute approximate surface area is 146 Å². The molecule has 1 amide bonds. The number of halogens is 2. The minimum absolute atomic E-state index is 0.0127. The number of anilines is 1. The molecule has 2 aromatic carbocycles. The molecule has 0 spiro atoms. The molecule has 2 aromatic rings. The quantitative estimate of drug-likeness (QED) is 0.645. The van der Waals surface area contributed by atoms with Crippen molar-refractivity contribution in [2.75, 3.05) is 11.1 Å². The zero-order valence-electron chi connectivity index (χ0n) is 11.7. The Hall–Kier alpha value is -0.780. The van der Waals surface area contributed by atoms with E-state index in [9.17, 15) is 4.79 Å². The molecule has 0 radical (unpaired) electrons. The lowest BCUT2D eigenvalue weighted by Crippen LogP contribution is -2.14. The van der Waals surface area contributed by atoms with Crippen molar-refractivity contribution in [2.45, 2.75) is 18.7 Å². The molecule has 0 aliphatic rings. The zero-order chi connectivity index (χ0) is 15.4. The Kier molecular flexibility index (Phi) is 5.90. The van der Waals surface area contributed by atoms with Crippen molar-refractivity contribution in [3.63, 3.8) is 0 Å². The molecule has 0 fully saturated rings. The van der Waals surface area contributed by atoms with Crippen LogP contribution in [0.15, 0.2) is 50.2 Å². The van der Waals surface area contributed by atoms with Gasteiger partial charge < -0.3 is 5.32 Å². The highest BCUT2D eigenvalue weighted by Gasteiger charge is 2.07. The zero-order valence-corrected chi connectivity index (χ0v) is 15.7. The van der Waals surface area contributed by atoms with Gasteiger partial charge in [0.05, 0.1) is 11.4 Å². The van der Waals surface area contributed by atoms with Gasteiger partial charge in [-0.3, -0.25) is 4.79 Å². The van der Waals surface area contributed by atoms with Crippen LogP contribution in [0.1, 0.15) is 11.1 Å². The Balaban J connectivity index is 1.94. The number of benzene rings is 2. The van der Waals surface area contributed by atoms with Crippen LogP contribution in [-0.2, 0) is 4.79 Å². The van der Waals surface area contributed by atoms with Crippen molar-refractivity contribution in [1.82, 2.24) is 0 Å². The average Bonchev–Trinajstić information content (AvgIpc) is 2.43. The van der Waals surface area contributed by atoms with Gasteiger partial charge in [0.2, 0.25) is 5.91 Å². The van der Waals surface area contributed by atoms with Gasteiger partial charge >= 0.3 is 0 Å². The molecule has 0 bridgehead atoms. The summed E-state index contributed by atoms with van der Waals surface area (Å²) in [6.07, 6.45) is 0. The summed E-state index contributed by atoms with van der Waals surface area (Å²) in [5.74, 6) is 0.381. The first-order valence-electron chi connectivity index (χ1n) is 6.40. The molecule has 1 N–H and O–H groups in total. The van der Waals surface area contributed by atoms with E-state index >= 15 is 0 Å². The standard InChI is InChI=1S/C16H15Br2NOS/c1-10-3-5-13(7-11(10)2)21-9-16(20)19-15-6-4-12(17)8-14(15)18/h3-8H,9H2,1-2H3,(H,19,20). The third-order valence-electron chi connectivity index (χ3n) is 3.05. The lowest BCUT2D eigenvalue weighted by molar-refractivity contribution is -0.113. The molecule has 0 saturated carbocycles. The van der Waals surface area contributed by atoms with Gasteiger partial charge in [-0.2, -0.15) is 0 Å². The summed E-state index contributed by atoms with van der Waals surface area (Å²) < 4.78 is 1.83. The van der Waals surface area contributed by atoms with Crippen molar-refractivity contribution in [3.05, 3.63) is 56.5 Å². The number of carbonyl (C=O) groups is 1. The van der Waals surface area contributed by atoms with Crippen LogP contribution in [-0.4, -0.2) is 11.7 Å². The highest BCUT2D eigenvalue weighted by atomic mass is 79.9. The Morgan fingerprint density at radius 1 is 1.10 bits per heavy atom. The number of carbonyl (C=O) groups excluding carboxylic acids is 1. The van der Waals surface area contributed by atoms with Gasteiger partial charge in [-0.25, -0.2) is 0 Å². The first kappa shape index (κ1) is 16.6. The Bertz CT molecular complexity index is 673. The van der Waals surface area contributed by atoms with Crippen LogP contribution in [0.3, 0.4) is 0 Å². The lowest BCUT2D eigenvalue weighted by atomic mass is 10.1. The summed E-state index contributed by atoms with van der Waals surface area (Å²) in [5.41, 5.74) is 3.29. The maximum Gasteiger partial charge on any atom is 0.234 e. The van der Waals surface area contributed by atoms with Crippen molar-refractivity contribution >= 4 is 55.2 Å². The summed E-state index contributed by atoms with van der Waals surface area (Å²) in [5, 5.41) is 2.91. The van der Waals surface area contributed by atoms with Gasteiger partial charge in [-0.05, 0) is 71.2 Å². The van der Waals surface area contributed by atoms with E-state index in [1.807, 2.05) is 18.2 Å². The normalized spacial score (nSPS) is 10.5. The van der Waals surface area contributed by atoms with E-state index in [0.29, 0.717) is 5.75 Å². The van der Waals surface area contributed by atoms with Gasteiger partial charge in [-0.1, -0.05) is 22.0 Å². The number of nitrogens with one attached hydrogen (secondary N) is 1. The van der Waals surface area contributed by atoms with E-state index in [1.54, 1.807) is 11.8 Å². The third-order valence-corrected chi connectivity index (χ3v) is 5.20. The summed E-state index contributed by atoms with van der Waals surface area (Å²) >= 11 is 8.37. The fourth-order valence-corrected chi connectivity index (χ4v) is 3.67. The number of rotatable bonds is 4. The number of hydrogen-bond donors (Lipinski definition) is 1. The van der Waals surface area contributed by atoms with Crippen LogP contribution < -0.4 is 5.32 Å². The maximum absolute atomic E-state index is 12.0. The SMILES string of the molecule is Cc1ccc(SCC(=O)Nc2ccc(Br)cc2Br)cc1C. The molecule has 110 valence electrons. The summed E-state index contributed by atoms with van der Waals surface area (Å²) in [7, 11) is 0. The minimum atomic E-state index is -0.0127. The first-order valence-corrected chi connectivity index (χ1v) is 8.98. The van der Waals surface area contributed by atoms with E-state index in [2.05, 4.69) is 69.2 Å². The van der Waals surface area contributed by atoms with Crippen molar-refractivity contribution in [3.8, 4) is 0 Å². The second-order valence-corrected chi connectivity index (χ2v) is 7.53. The third kappa shape index (κ3) is 4.87. The molecule has 5 heteroatoms. The maximum atomic E-state index is 12.0. The molecule has 0 aromatic heterocycles. The smallest absolute Gasteiger partial charge is 0.234 e. The molecule has 0 aliphatic carbocycles. The second kappa shape index (κ2) is 7.47. The highest BCUT2D eigenvalue weighted by Crippen LogP contribution is 2.27. The van der Waals surface area contributed by atoms with Gasteiger partial charge in [-0.15, -0.1) is 11.8 Å². The van der Waals surface area contributed by atoms with E-state index in [0.717, 1.165) is 19.5 Å². The minimum Gasteiger partial charge on any atom is -0.324 e. The van der Waals surface area contributed by atoms with Gasteiger partial charge in [0.25, 0.3) is 0 Å². The summed E-state index contributed by atoms with van der Waals surface area (Å²) in [6, 6.07) is 11.9. The van der Waals surface area contributed by atoms with Crippen LogP contribution in [0.5, 0.6) is 0 Å². The van der Waals surface area contributed by atoms with E-state index in [1.165, 1.54) is 11.1 Å². The fourth-order valence-electron chi connectivity index (χ4n) is 1.73. The summed E-state index contributed by atoms with van der Waals surface area (Å²) in [4.78, 5) is 13.1. The van der Waals surface area contributed by atoms with Crippen LogP contribution in [0.4, 0.5) is 5.69 Å². The molecule has 0 unspecified atom stereocenters. The second-order valence-electron chi connectivity index (χ2n) is 4.71. The molecule has 0 atom stereocenters. The lowest BCUT2D eigenvalue weighted by Gasteiger charge is -2.08. The number of aryl methyl sites for hydroxylation is 2. The van der Waals surface area contributed by atoms with Gasteiger partial charge in [0.1, 0.15) is 0 Å². The Morgan fingerprint density at radius 2 is 1.86 bits per heavy atom. The molecule has 2 rings (SSSR count). The van der Waals surface area contributed by atoms with Gasteiger partial charge in [0.15, 0.2) is 0 Å². The molecule has 2 nitrogen and oxygen atoms in total. The van der Waals surface area contributed by atoms with Crippen LogP contribution in [0, 0.1) is 13.8 Å². The number of hydrogen-bond acceptors (Lipinski definition) is 2. The molecule has 0 heterocycles. The topological polar surface area (TPSA) is 29.1 Å². The van der Waals surface area contributed by atoms with E-state index in [4.69, 9.17) is 0 Å². The van der Waals surface area contributed by atoms with Crippen molar-refractivity contribution < 1.29 is 4.79 Å². The van der Waals surface area contributed by atoms with Crippen LogP contribution in [0.2, 0.25) is 0 Å². The fraction of sp³-hybridized carbons (Fsp3) is 0.188. The van der Waals surface area contributed by atoms with E-state index in [-0.39, 0.29) is 5.91 Å². The molecular formula is C16H15Br2NOS. The molecule has 0 saturated heterocycles. The molecule has 21 heavy (non-hydrogen) atoms. The highest BCUT2D eigenvalue weighted by molar-refractivity contribution is 9.11. The van der Waals surface area contributed by atoms with Crippen molar-refractivity contribution in [1.29, 1.82) is 0 Å². The Morgan fingerprint density at radius 3 is 2.52 bits per heavy atom. The predicted molar refractivity (Wildman–Crippen MR) is 97.1 cm³/mol. The molecule has 0 aliphatic heterocycles. The molecular weight excluding hydrogens is 414 g/mol.